The minimum atomic E-state index is 0. The molecule has 0 aliphatic rings. The van der Waals surface area contributed by atoms with E-state index in [0.717, 1.165) is 12.1 Å². The van der Waals surface area contributed by atoms with Gasteiger partial charge >= 0.3 is 0 Å². The molecule has 0 spiro atoms. The first-order chi connectivity index (χ1) is 4.79. The smallest absolute Gasteiger partial charge is 0.0418 e. The topological polar surface area (TPSA) is 38.9 Å². The molecule has 0 amide bonds. The van der Waals surface area contributed by atoms with Crippen LogP contribution in [0.1, 0.15) is 12.6 Å². The van der Waals surface area contributed by atoms with Crippen molar-refractivity contribution >= 4 is 24.8 Å². The lowest BCUT2D eigenvalue weighted by Gasteiger charge is -2.01. The van der Waals surface area contributed by atoms with Gasteiger partial charge in [-0.3, -0.25) is 4.98 Å². The number of rotatable bonds is 2. The summed E-state index contributed by atoms with van der Waals surface area (Å²) in [5.41, 5.74) is 6.65. The predicted octanol–water partition coefficient (Wildman–Crippen LogP) is 1.81. The van der Waals surface area contributed by atoms with Gasteiger partial charge in [0.15, 0.2) is 0 Å². The molecule has 1 heterocycles. The number of hydrogen-bond acceptors (Lipinski definition) is 2. The predicted molar refractivity (Wildman–Crippen MR) is 56.1 cm³/mol. The van der Waals surface area contributed by atoms with Crippen molar-refractivity contribution in [1.29, 1.82) is 0 Å². The van der Waals surface area contributed by atoms with Gasteiger partial charge in [0.05, 0.1) is 0 Å². The average Bonchev–Trinajstić information content (AvgIpc) is 1.88. The van der Waals surface area contributed by atoms with E-state index in [1.165, 1.54) is 0 Å². The van der Waals surface area contributed by atoms with E-state index in [4.69, 9.17) is 5.73 Å². The van der Waals surface area contributed by atoms with Crippen molar-refractivity contribution in [2.45, 2.75) is 19.4 Å². The summed E-state index contributed by atoms with van der Waals surface area (Å²) in [7, 11) is 0. The van der Waals surface area contributed by atoms with Crippen LogP contribution in [0, 0.1) is 0 Å². The highest BCUT2D eigenvalue weighted by molar-refractivity contribution is 5.85. The first-order valence-electron chi connectivity index (χ1n) is 3.44. The van der Waals surface area contributed by atoms with Crippen molar-refractivity contribution in [2.75, 3.05) is 0 Å². The summed E-state index contributed by atoms with van der Waals surface area (Å²) < 4.78 is 0. The van der Waals surface area contributed by atoms with E-state index in [9.17, 15) is 0 Å². The third-order valence-electron chi connectivity index (χ3n) is 1.26. The Bertz CT molecular complexity index is 190. The molecule has 2 nitrogen and oxygen atoms in total. The Morgan fingerprint density at radius 1 is 1.42 bits per heavy atom. The highest BCUT2D eigenvalue weighted by Crippen LogP contribution is 1.95. The van der Waals surface area contributed by atoms with E-state index < -0.39 is 0 Å². The molecule has 0 bridgehead atoms. The van der Waals surface area contributed by atoms with Crippen molar-refractivity contribution in [1.82, 2.24) is 4.98 Å². The summed E-state index contributed by atoms with van der Waals surface area (Å²) in [6, 6.07) is 6.08. The van der Waals surface area contributed by atoms with Crippen LogP contribution in [-0.2, 0) is 6.42 Å². The number of pyridine rings is 1. The molecule has 1 atom stereocenters. The Morgan fingerprint density at radius 3 is 2.50 bits per heavy atom. The number of nitrogens with zero attached hydrogens (tertiary/aromatic N) is 1. The summed E-state index contributed by atoms with van der Waals surface area (Å²) in [5.74, 6) is 0. The Balaban J connectivity index is 0. The van der Waals surface area contributed by atoms with Crippen LogP contribution in [0.15, 0.2) is 24.4 Å². The molecule has 1 unspecified atom stereocenters. The van der Waals surface area contributed by atoms with E-state index in [0.29, 0.717) is 0 Å². The zero-order chi connectivity index (χ0) is 7.40. The molecule has 2 N–H and O–H groups in total. The van der Waals surface area contributed by atoms with Crippen LogP contribution in [0.5, 0.6) is 0 Å². The second-order valence-electron chi connectivity index (χ2n) is 2.50. The van der Waals surface area contributed by atoms with E-state index in [1.807, 2.05) is 25.1 Å². The summed E-state index contributed by atoms with van der Waals surface area (Å²) in [5, 5.41) is 0. The number of halogens is 2. The maximum absolute atomic E-state index is 5.58. The van der Waals surface area contributed by atoms with Gasteiger partial charge in [0.25, 0.3) is 0 Å². The lowest BCUT2D eigenvalue weighted by molar-refractivity contribution is 0.722. The third kappa shape index (κ3) is 5.35. The molecule has 4 heteroatoms. The number of hydrogen-bond donors (Lipinski definition) is 1. The van der Waals surface area contributed by atoms with Crippen LogP contribution < -0.4 is 5.73 Å². The van der Waals surface area contributed by atoms with Crippen LogP contribution in [0.2, 0.25) is 0 Å². The molecule has 0 aliphatic heterocycles. The second-order valence-corrected chi connectivity index (χ2v) is 2.50. The Kier molecular flexibility index (Phi) is 8.71. The van der Waals surface area contributed by atoms with Gasteiger partial charge in [0, 0.05) is 24.4 Å². The van der Waals surface area contributed by atoms with Crippen LogP contribution in [0.3, 0.4) is 0 Å². The standard InChI is InChI=1S/C8H12N2.2ClH/c1-7(9)6-8-4-2-3-5-10-8;;/h2-5,7H,6,9H2,1H3;2*1H. The van der Waals surface area contributed by atoms with Crippen molar-refractivity contribution in [3.8, 4) is 0 Å². The van der Waals surface area contributed by atoms with E-state index in [-0.39, 0.29) is 30.9 Å². The van der Waals surface area contributed by atoms with Crippen molar-refractivity contribution in [2.24, 2.45) is 5.73 Å². The molecule has 0 saturated carbocycles. The molecule has 12 heavy (non-hydrogen) atoms. The molecule has 1 aromatic rings. The van der Waals surface area contributed by atoms with Crippen LogP contribution in [0.25, 0.3) is 0 Å². The maximum atomic E-state index is 5.58. The highest BCUT2D eigenvalue weighted by atomic mass is 35.5. The molecule has 1 rings (SSSR count). The zero-order valence-electron chi connectivity index (χ0n) is 6.93. The van der Waals surface area contributed by atoms with Crippen molar-refractivity contribution in [3.63, 3.8) is 0 Å². The summed E-state index contributed by atoms with van der Waals surface area (Å²) in [6.45, 7) is 1.98. The fourth-order valence-electron chi connectivity index (χ4n) is 0.849. The molecule has 0 saturated heterocycles. The molecule has 0 aromatic carbocycles. The maximum Gasteiger partial charge on any atom is 0.0418 e. The SMILES string of the molecule is CC(N)Cc1ccccn1.Cl.Cl. The van der Waals surface area contributed by atoms with Gasteiger partial charge in [-0.25, -0.2) is 0 Å². The summed E-state index contributed by atoms with van der Waals surface area (Å²) in [4.78, 5) is 4.14. The first-order valence-corrected chi connectivity index (χ1v) is 3.44. The quantitative estimate of drug-likeness (QED) is 0.806. The Hall–Kier alpha value is -0.310. The van der Waals surface area contributed by atoms with Gasteiger partial charge in [0.1, 0.15) is 0 Å². The molecule has 0 fully saturated rings. The van der Waals surface area contributed by atoms with Gasteiger partial charge in [-0.15, -0.1) is 24.8 Å². The number of aromatic nitrogens is 1. The van der Waals surface area contributed by atoms with E-state index >= 15 is 0 Å². The summed E-state index contributed by atoms with van der Waals surface area (Å²) in [6.07, 6.45) is 2.65. The van der Waals surface area contributed by atoms with Crippen LogP contribution in [-0.4, -0.2) is 11.0 Å². The van der Waals surface area contributed by atoms with Gasteiger partial charge in [-0.05, 0) is 19.1 Å². The van der Waals surface area contributed by atoms with Gasteiger partial charge in [0.2, 0.25) is 0 Å². The van der Waals surface area contributed by atoms with Crippen LogP contribution in [0.4, 0.5) is 0 Å². The second kappa shape index (κ2) is 7.35. The minimum Gasteiger partial charge on any atom is -0.328 e. The molecule has 0 aliphatic carbocycles. The number of nitrogens with two attached hydrogens (primary N) is 1. The van der Waals surface area contributed by atoms with Gasteiger partial charge in [-0.2, -0.15) is 0 Å². The Labute approximate surface area is 85.4 Å². The van der Waals surface area contributed by atoms with Gasteiger partial charge < -0.3 is 5.73 Å². The highest BCUT2D eigenvalue weighted by Gasteiger charge is 1.95. The molecule has 0 radical (unpaired) electrons. The monoisotopic (exact) mass is 208 g/mol. The lowest BCUT2D eigenvalue weighted by Crippen LogP contribution is -2.18. The average molecular weight is 209 g/mol. The van der Waals surface area contributed by atoms with Gasteiger partial charge in [-0.1, -0.05) is 6.07 Å². The molecule has 1 aromatic heterocycles. The fourth-order valence-corrected chi connectivity index (χ4v) is 0.849. The van der Waals surface area contributed by atoms with E-state index in [2.05, 4.69) is 4.98 Å². The normalized spacial score (nSPS) is 10.8. The fraction of sp³-hybridized carbons (Fsp3) is 0.375. The zero-order valence-corrected chi connectivity index (χ0v) is 8.57. The van der Waals surface area contributed by atoms with Crippen molar-refractivity contribution in [3.05, 3.63) is 30.1 Å². The third-order valence-corrected chi connectivity index (χ3v) is 1.26. The largest absolute Gasteiger partial charge is 0.328 e. The molecule has 70 valence electrons. The lowest BCUT2D eigenvalue weighted by atomic mass is 10.2. The molecular weight excluding hydrogens is 195 g/mol. The van der Waals surface area contributed by atoms with Crippen molar-refractivity contribution < 1.29 is 0 Å². The van der Waals surface area contributed by atoms with Crippen LogP contribution >= 0.6 is 24.8 Å². The summed E-state index contributed by atoms with van der Waals surface area (Å²) >= 11 is 0. The first kappa shape index (κ1) is 14.2. The van der Waals surface area contributed by atoms with E-state index in [1.54, 1.807) is 6.20 Å². The minimum absolute atomic E-state index is 0. The molecular formula is C8H14Cl2N2. The Morgan fingerprint density at radius 2 is 2.08 bits per heavy atom.